The maximum atomic E-state index is 5.94. The third kappa shape index (κ3) is 3.41. The summed E-state index contributed by atoms with van der Waals surface area (Å²) in [7, 11) is 0. The van der Waals surface area contributed by atoms with Crippen molar-refractivity contribution in [3.63, 3.8) is 0 Å². The van der Waals surface area contributed by atoms with Gasteiger partial charge in [-0.1, -0.05) is 0 Å². The molecule has 0 bridgehead atoms. The number of hydrogen-bond donors (Lipinski definition) is 2. The summed E-state index contributed by atoms with van der Waals surface area (Å²) >= 11 is 0. The van der Waals surface area contributed by atoms with Gasteiger partial charge in [-0.25, -0.2) is 0 Å². The molecule has 0 aromatic carbocycles. The van der Waals surface area contributed by atoms with Crippen LogP contribution in [0.1, 0.15) is 25.6 Å². The maximum absolute atomic E-state index is 5.94. The Labute approximate surface area is 102 Å². The molecule has 0 aliphatic carbocycles. The van der Waals surface area contributed by atoms with Gasteiger partial charge in [-0.3, -0.25) is 5.10 Å². The Morgan fingerprint density at radius 2 is 2.47 bits per heavy atom. The van der Waals surface area contributed by atoms with Gasteiger partial charge in [-0.2, -0.15) is 4.98 Å². The van der Waals surface area contributed by atoms with Gasteiger partial charge >= 0.3 is 0 Å². The minimum atomic E-state index is 0.245. The van der Waals surface area contributed by atoms with Gasteiger partial charge in [0.2, 0.25) is 5.95 Å². The van der Waals surface area contributed by atoms with Crippen molar-refractivity contribution in [2.24, 2.45) is 5.73 Å². The van der Waals surface area contributed by atoms with E-state index in [4.69, 9.17) is 10.5 Å². The summed E-state index contributed by atoms with van der Waals surface area (Å²) in [5.41, 5.74) is 5.94. The van der Waals surface area contributed by atoms with Gasteiger partial charge in [0.1, 0.15) is 5.82 Å². The smallest absolute Gasteiger partial charge is 0.244 e. The van der Waals surface area contributed by atoms with E-state index in [1.807, 2.05) is 6.92 Å². The first-order valence-corrected chi connectivity index (χ1v) is 6.29. The molecule has 0 radical (unpaired) electrons. The number of ether oxygens (including phenoxy) is 1. The third-order valence-electron chi connectivity index (χ3n) is 2.95. The zero-order valence-corrected chi connectivity index (χ0v) is 10.4. The molecular weight excluding hydrogens is 218 g/mol. The molecule has 1 aliphatic heterocycles. The summed E-state index contributed by atoms with van der Waals surface area (Å²) in [5.74, 6) is 1.65. The molecule has 1 aliphatic rings. The fourth-order valence-corrected chi connectivity index (χ4v) is 2.04. The molecule has 96 valence electrons. The lowest BCUT2D eigenvalue weighted by Crippen LogP contribution is -2.43. The number of anilines is 1. The molecule has 1 aromatic heterocycles. The summed E-state index contributed by atoms with van der Waals surface area (Å²) in [6.07, 6.45) is 2.99. The Morgan fingerprint density at radius 3 is 3.24 bits per heavy atom. The van der Waals surface area contributed by atoms with E-state index in [0.717, 1.165) is 50.7 Å². The summed E-state index contributed by atoms with van der Waals surface area (Å²) in [5, 5.41) is 7.18. The number of nitrogens with one attached hydrogen (secondary N) is 1. The van der Waals surface area contributed by atoms with Gasteiger partial charge < -0.3 is 15.4 Å². The zero-order valence-electron chi connectivity index (χ0n) is 10.4. The molecule has 0 saturated carbocycles. The van der Waals surface area contributed by atoms with Crippen molar-refractivity contribution in [2.45, 2.75) is 32.2 Å². The van der Waals surface area contributed by atoms with Crippen molar-refractivity contribution in [1.82, 2.24) is 15.2 Å². The Bertz CT molecular complexity index is 340. The molecule has 1 aromatic rings. The number of nitrogens with two attached hydrogens (primary N) is 1. The Morgan fingerprint density at radius 1 is 1.59 bits per heavy atom. The fourth-order valence-electron chi connectivity index (χ4n) is 2.04. The van der Waals surface area contributed by atoms with Gasteiger partial charge in [0.15, 0.2) is 0 Å². The quantitative estimate of drug-likeness (QED) is 0.723. The molecule has 1 atom stereocenters. The van der Waals surface area contributed by atoms with Gasteiger partial charge in [0.25, 0.3) is 0 Å². The van der Waals surface area contributed by atoms with E-state index in [1.165, 1.54) is 0 Å². The molecule has 1 fully saturated rings. The van der Waals surface area contributed by atoms with Crippen molar-refractivity contribution >= 4 is 5.95 Å². The second-order valence-electron chi connectivity index (χ2n) is 4.38. The standard InChI is InChI=1S/C11H21N5O/c1-2-17-7-5-10-13-11(15-14-10)16-6-3-4-9(12)8-16/h9H,2-8,12H2,1H3,(H,13,14,15). The van der Waals surface area contributed by atoms with Crippen LogP contribution in [0, 0.1) is 0 Å². The first-order valence-electron chi connectivity index (χ1n) is 6.29. The van der Waals surface area contributed by atoms with E-state index in [1.54, 1.807) is 0 Å². The average molecular weight is 239 g/mol. The van der Waals surface area contributed by atoms with Crippen LogP contribution < -0.4 is 10.6 Å². The van der Waals surface area contributed by atoms with E-state index < -0.39 is 0 Å². The highest BCUT2D eigenvalue weighted by molar-refractivity contribution is 5.29. The first-order chi connectivity index (χ1) is 8.29. The van der Waals surface area contributed by atoms with E-state index in [0.29, 0.717) is 6.61 Å². The lowest BCUT2D eigenvalue weighted by Gasteiger charge is -2.29. The monoisotopic (exact) mass is 239 g/mol. The van der Waals surface area contributed by atoms with Gasteiger partial charge in [-0.05, 0) is 19.8 Å². The van der Waals surface area contributed by atoms with Crippen LogP contribution in [-0.4, -0.2) is 47.5 Å². The number of nitrogens with zero attached hydrogens (tertiary/aromatic N) is 3. The van der Waals surface area contributed by atoms with E-state index in [-0.39, 0.29) is 6.04 Å². The van der Waals surface area contributed by atoms with Gasteiger partial charge in [0, 0.05) is 32.2 Å². The average Bonchev–Trinajstić information content (AvgIpc) is 2.78. The normalized spacial score (nSPS) is 20.8. The van der Waals surface area contributed by atoms with Crippen molar-refractivity contribution in [3.05, 3.63) is 5.82 Å². The van der Waals surface area contributed by atoms with Crippen molar-refractivity contribution in [3.8, 4) is 0 Å². The maximum Gasteiger partial charge on any atom is 0.244 e. The first kappa shape index (κ1) is 12.3. The number of piperidine rings is 1. The van der Waals surface area contributed by atoms with Gasteiger partial charge in [-0.15, -0.1) is 5.10 Å². The second kappa shape index (κ2) is 5.97. The van der Waals surface area contributed by atoms with Crippen molar-refractivity contribution in [1.29, 1.82) is 0 Å². The molecule has 1 saturated heterocycles. The van der Waals surface area contributed by atoms with Crippen LogP contribution in [0.25, 0.3) is 0 Å². The lowest BCUT2D eigenvalue weighted by molar-refractivity contribution is 0.149. The molecule has 1 unspecified atom stereocenters. The van der Waals surface area contributed by atoms with E-state index >= 15 is 0 Å². The number of aromatic nitrogens is 3. The van der Waals surface area contributed by atoms with E-state index in [9.17, 15) is 0 Å². The van der Waals surface area contributed by atoms with Crippen LogP contribution in [0.15, 0.2) is 0 Å². The predicted octanol–water partition coefficient (Wildman–Crippen LogP) is 0.311. The zero-order chi connectivity index (χ0) is 12.1. The molecule has 6 heteroatoms. The Hall–Kier alpha value is -1.14. The summed E-state index contributed by atoms with van der Waals surface area (Å²) in [4.78, 5) is 6.61. The second-order valence-corrected chi connectivity index (χ2v) is 4.38. The molecule has 2 heterocycles. The Kier molecular flexibility index (Phi) is 4.33. The summed E-state index contributed by atoms with van der Waals surface area (Å²) in [6, 6.07) is 0.245. The van der Waals surface area contributed by atoms with Crippen LogP contribution in [-0.2, 0) is 11.2 Å². The van der Waals surface area contributed by atoms with Crippen LogP contribution in [0.2, 0.25) is 0 Å². The summed E-state index contributed by atoms with van der Waals surface area (Å²) < 4.78 is 5.29. The lowest BCUT2D eigenvalue weighted by atomic mass is 10.1. The molecule has 3 N–H and O–H groups in total. The highest BCUT2D eigenvalue weighted by atomic mass is 16.5. The van der Waals surface area contributed by atoms with Crippen LogP contribution in [0.3, 0.4) is 0 Å². The minimum absolute atomic E-state index is 0.245. The van der Waals surface area contributed by atoms with Gasteiger partial charge in [0.05, 0.1) is 6.61 Å². The number of H-pyrrole nitrogens is 1. The van der Waals surface area contributed by atoms with Crippen molar-refractivity contribution < 1.29 is 4.74 Å². The molecule has 17 heavy (non-hydrogen) atoms. The fraction of sp³-hybridized carbons (Fsp3) is 0.818. The molecule has 6 nitrogen and oxygen atoms in total. The SMILES string of the molecule is CCOCCc1nc(N2CCCC(N)C2)n[nH]1. The number of rotatable bonds is 5. The van der Waals surface area contributed by atoms with Crippen molar-refractivity contribution in [2.75, 3.05) is 31.2 Å². The van der Waals surface area contributed by atoms with Crippen LogP contribution in [0.4, 0.5) is 5.95 Å². The largest absolute Gasteiger partial charge is 0.381 e. The van der Waals surface area contributed by atoms with E-state index in [2.05, 4.69) is 20.1 Å². The minimum Gasteiger partial charge on any atom is -0.381 e. The predicted molar refractivity (Wildman–Crippen MR) is 66.0 cm³/mol. The van der Waals surface area contributed by atoms with Crippen LogP contribution >= 0.6 is 0 Å². The van der Waals surface area contributed by atoms with Crippen LogP contribution in [0.5, 0.6) is 0 Å². The highest BCUT2D eigenvalue weighted by Gasteiger charge is 2.19. The molecular formula is C11H21N5O. The highest BCUT2D eigenvalue weighted by Crippen LogP contribution is 2.14. The summed E-state index contributed by atoms with van der Waals surface area (Å²) in [6.45, 7) is 5.26. The Balaban J connectivity index is 1.88. The molecule has 0 amide bonds. The number of aromatic amines is 1. The third-order valence-corrected chi connectivity index (χ3v) is 2.95. The topological polar surface area (TPSA) is 80.1 Å². The molecule has 0 spiro atoms. The number of hydrogen-bond acceptors (Lipinski definition) is 5. The molecule has 2 rings (SSSR count).